The zero-order valence-corrected chi connectivity index (χ0v) is 25.6. The standard InChI is InChI=1S/C29H37FN3O9P.CH4/c1-18(26(36)39-14-13-28(2,3)4)32-43(38,42-23-12-8-10-19-9-6-7-11-20(19)23)40-17-24-22(34)15-29(5,41-24)33-16-21(30)25(35)31-27(33)37;/h6-12,16,18,22,24,34H,13-15,17H2,1-5H3,(H,32,38)(H,31,35,37);1H4/t18-,22?,24+,29+,43?;/m0./s1. The average molecular weight is 638 g/mol. The summed E-state index contributed by atoms with van der Waals surface area (Å²) in [5.74, 6) is -1.66. The van der Waals surface area contributed by atoms with Gasteiger partial charge in [-0.2, -0.15) is 9.48 Å². The summed E-state index contributed by atoms with van der Waals surface area (Å²) in [6.07, 6.45) is -1.25. The van der Waals surface area contributed by atoms with E-state index in [1.807, 2.05) is 44.0 Å². The number of aromatic nitrogens is 2. The topological polar surface area (TPSA) is 158 Å². The second kappa shape index (κ2) is 13.7. The zero-order valence-electron chi connectivity index (χ0n) is 24.7. The molecule has 0 amide bonds. The number of aliphatic hydroxyl groups excluding tert-OH is 1. The Morgan fingerprint density at radius 3 is 2.64 bits per heavy atom. The molecule has 12 nitrogen and oxygen atoms in total. The number of carbonyl (C=O) groups is 1. The van der Waals surface area contributed by atoms with Crippen LogP contribution in [0.1, 0.15) is 54.9 Å². The van der Waals surface area contributed by atoms with Gasteiger partial charge in [-0.25, -0.2) is 9.36 Å². The number of H-pyrrole nitrogens is 1. The van der Waals surface area contributed by atoms with Crippen LogP contribution in [-0.4, -0.2) is 52.1 Å². The molecule has 1 aliphatic heterocycles. The number of hydrogen-bond acceptors (Lipinski definition) is 9. The van der Waals surface area contributed by atoms with Crippen LogP contribution >= 0.6 is 7.75 Å². The summed E-state index contributed by atoms with van der Waals surface area (Å²) in [7, 11) is -4.35. The second-order valence-electron chi connectivity index (χ2n) is 11.9. The van der Waals surface area contributed by atoms with Crippen molar-refractivity contribution in [1.29, 1.82) is 0 Å². The number of hydrogen-bond donors (Lipinski definition) is 3. The zero-order chi connectivity index (χ0) is 31.6. The molecule has 242 valence electrons. The van der Waals surface area contributed by atoms with Crippen LogP contribution in [0.3, 0.4) is 0 Å². The first kappa shape index (κ1) is 35.1. The van der Waals surface area contributed by atoms with Crippen LogP contribution in [0.25, 0.3) is 10.8 Å². The van der Waals surface area contributed by atoms with Gasteiger partial charge in [0.15, 0.2) is 0 Å². The molecule has 3 aromatic rings. The fraction of sp³-hybridized carbons (Fsp3) is 0.500. The van der Waals surface area contributed by atoms with E-state index in [-0.39, 0.29) is 31.6 Å². The van der Waals surface area contributed by atoms with Gasteiger partial charge >= 0.3 is 19.4 Å². The molecule has 5 atom stereocenters. The van der Waals surface area contributed by atoms with Crippen molar-refractivity contribution in [2.75, 3.05) is 13.2 Å². The average Bonchev–Trinajstić information content (AvgIpc) is 3.22. The summed E-state index contributed by atoms with van der Waals surface area (Å²) in [6, 6.07) is 11.3. The second-order valence-corrected chi connectivity index (χ2v) is 13.6. The highest BCUT2D eigenvalue weighted by molar-refractivity contribution is 7.52. The molecule has 0 bridgehead atoms. The molecule has 0 saturated carbocycles. The summed E-state index contributed by atoms with van der Waals surface area (Å²) < 4.78 is 51.8. The molecule has 44 heavy (non-hydrogen) atoms. The lowest BCUT2D eigenvalue weighted by molar-refractivity contribution is -0.146. The molecule has 2 aromatic carbocycles. The van der Waals surface area contributed by atoms with E-state index >= 15 is 0 Å². The first-order chi connectivity index (χ1) is 20.1. The van der Waals surface area contributed by atoms with E-state index in [0.717, 1.165) is 9.95 Å². The van der Waals surface area contributed by atoms with Gasteiger partial charge in [0.25, 0.3) is 5.56 Å². The normalized spacial score (nSPS) is 22.2. The third kappa shape index (κ3) is 8.42. The minimum Gasteiger partial charge on any atom is -0.465 e. The number of carbonyl (C=O) groups excluding carboxylic acids is 1. The highest BCUT2D eigenvalue weighted by Crippen LogP contribution is 2.48. The van der Waals surface area contributed by atoms with Crippen molar-refractivity contribution < 1.29 is 37.4 Å². The van der Waals surface area contributed by atoms with Crippen LogP contribution in [0.5, 0.6) is 5.75 Å². The first-order valence-electron chi connectivity index (χ1n) is 13.8. The van der Waals surface area contributed by atoms with Crippen LogP contribution in [-0.2, 0) is 29.1 Å². The predicted molar refractivity (Wildman–Crippen MR) is 163 cm³/mol. The van der Waals surface area contributed by atoms with Crippen LogP contribution < -0.4 is 20.9 Å². The van der Waals surface area contributed by atoms with Crippen LogP contribution in [0.4, 0.5) is 4.39 Å². The minimum absolute atomic E-state index is 0. The molecule has 4 rings (SSSR count). The fourth-order valence-electron chi connectivity index (χ4n) is 4.61. The van der Waals surface area contributed by atoms with Gasteiger partial charge in [0.2, 0.25) is 5.82 Å². The van der Waals surface area contributed by atoms with Crippen molar-refractivity contribution in [3.8, 4) is 5.75 Å². The lowest BCUT2D eigenvalue weighted by Gasteiger charge is -2.28. The highest BCUT2D eigenvalue weighted by Gasteiger charge is 2.46. The first-order valence-corrected chi connectivity index (χ1v) is 15.4. The predicted octanol–water partition coefficient (Wildman–Crippen LogP) is 4.45. The summed E-state index contributed by atoms with van der Waals surface area (Å²) in [5.41, 5.74) is -3.75. The van der Waals surface area contributed by atoms with Gasteiger partial charge < -0.3 is 19.1 Å². The lowest BCUT2D eigenvalue weighted by atomic mass is 9.93. The molecule has 1 aliphatic rings. The van der Waals surface area contributed by atoms with E-state index in [9.17, 15) is 28.4 Å². The number of halogens is 1. The van der Waals surface area contributed by atoms with Gasteiger partial charge in [-0.15, -0.1) is 0 Å². The van der Waals surface area contributed by atoms with Gasteiger partial charge in [0.1, 0.15) is 23.6 Å². The Bertz CT molecular complexity index is 1630. The van der Waals surface area contributed by atoms with E-state index in [1.54, 1.807) is 24.3 Å². The number of benzene rings is 2. The number of nitrogens with one attached hydrogen (secondary N) is 2. The third-order valence-electron chi connectivity index (χ3n) is 7.01. The number of aliphatic hydroxyl groups is 1. The number of esters is 1. The Labute approximate surface area is 255 Å². The summed E-state index contributed by atoms with van der Waals surface area (Å²) >= 11 is 0. The van der Waals surface area contributed by atoms with E-state index in [0.29, 0.717) is 18.0 Å². The van der Waals surface area contributed by atoms with Crippen molar-refractivity contribution in [3.05, 3.63) is 75.3 Å². The fourth-order valence-corrected chi connectivity index (χ4v) is 6.13. The van der Waals surface area contributed by atoms with Gasteiger partial charge in [0, 0.05) is 11.8 Å². The Hall–Kier alpha value is -3.35. The molecule has 2 heterocycles. The van der Waals surface area contributed by atoms with Crippen LogP contribution in [0, 0.1) is 11.2 Å². The molecule has 14 heteroatoms. The van der Waals surface area contributed by atoms with Gasteiger partial charge in [-0.1, -0.05) is 64.6 Å². The van der Waals surface area contributed by atoms with Crippen molar-refractivity contribution in [3.63, 3.8) is 0 Å². The molecule has 2 unspecified atom stereocenters. The van der Waals surface area contributed by atoms with Crippen molar-refractivity contribution >= 4 is 24.5 Å². The molecular weight excluding hydrogens is 596 g/mol. The molecule has 0 radical (unpaired) electrons. The Kier molecular flexibility index (Phi) is 11.0. The highest BCUT2D eigenvalue weighted by atomic mass is 31.2. The van der Waals surface area contributed by atoms with E-state index in [4.69, 9.17) is 18.5 Å². The van der Waals surface area contributed by atoms with Gasteiger partial charge in [0.05, 0.1) is 25.5 Å². The van der Waals surface area contributed by atoms with Crippen LogP contribution in [0.2, 0.25) is 0 Å². The molecule has 0 spiro atoms. The number of rotatable bonds is 11. The van der Waals surface area contributed by atoms with Crippen molar-refractivity contribution in [2.45, 2.75) is 78.9 Å². The minimum atomic E-state index is -4.35. The largest absolute Gasteiger partial charge is 0.465 e. The van der Waals surface area contributed by atoms with E-state index < -0.39 is 61.4 Å². The number of fused-ring (bicyclic) bond motifs is 1. The Morgan fingerprint density at radius 1 is 1.25 bits per heavy atom. The summed E-state index contributed by atoms with van der Waals surface area (Å²) in [4.78, 5) is 38.5. The number of ether oxygens (including phenoxy) is 2. The number of aromatic amines is 1. The van der Waals surface area contributed by atoms with Crippen LogP contribution in [0.15, 0.2) is 58.3 Å². The molecule has 1 aromatic heterocycles. The molecule has 0 aliphatic carbocycles. The smallest absolute Gasteiger partial charge is 0.459 e. The maximum absolute atomic E-state index is 14.2. The summed E-state index contributed by atoms with van der Waals surface area (Å²) in [6.45, 7) is 8.57. The monoisotopic (exact) mass is 637 g/mol. The maximum atomic E-state index is 14.2. The van der Waals surface area contributed by atoms with E-state index in [1.165, 1.54) is 13.8 Å². The van der Waals surface area contributed by atoms with Gasteiger partial charge in [-0.05, 0) is 37.1 Å². The summed E-state index contributed by atoms with van der Waals surface area (Å²) in [5, 5.41) is 14.8. The van der Waals surface area contributed by atoms with E-state index in [2.05, 4.69) is 5.09 Å². The molecule has 1 fully saturated rings. The molecular formula is C30H41FN3O9P. The SMILES string of the molecule is C.C[C@H](NP(=O)(OC[C@H]1O[C@@](C)(n2cc(F)c(=O)[nH]c2=O)CC1O)Oc1cccc2ccccc12)C(=O)OCCC(C)(C)C. The van der Waals surface area contributed by atoms with Crippen molar-refractivity contribution in [2.24, 2.45) is 5.41 Å². The maximum Gasteiger partial charge on any atom is 0.459 e. The quantitative estimate of drug-likeness (QED) is 0.203. The number of nitrogens with zero attached hydrogens (tertiary/aromatic N) is 1. The Balaban J connectivity index is 0.00000529. The van der Waals surface area contributed by atoms with Crippen molar-refractivity contribution in [1.82, 2.24) is 14.6 Å². The lowest BCUT2D eigenvalue weighted by Crippen LogP contribution is -2.43. The molecule has 1 saturated heterocycles. The Morgan fingerprint density at radius 2 is 1.93 bits per heavy atom. The van der Waals surface area contributed by atoms with Gasteiger partial charge in [-0.3, -0.25) is 23.7 Å². The third-order valence-corrected chi connectivity index (χ3v) is 8.64. The molecule has 3 N–H and O–H groups in total.